The molecule has 0 bridgehead atoms. The van der Waals surface area contributed by atoms with Crippen LogP contribution in [0, 0.1) is 11.7 Å². The minimum absolute atomic E-state index is 0.0321. The van der Waals surface area contributed by atoms with Crippen molar-refractivity contribution in [2.24, 2.45) is 11.7 Å². The number of benzene rings is 1. The molecular weight excluding hydrogens is 253 g/mol. The molecule has 0 aromatic heterocycles. The lowest BCUT2D eigenvalue weighted by atomic mass is 9.86. The van der Waals surface area contributed by atoms with Gasteiger partial charge in [0.15, 0.2) is 0 Å². The number of hydrogen-bond acceptors (Lipinski definition) is 2. The molecule has 0 radical (unpaired) electrons. The number of rotatable bonds is 5. The first kappa shape index (κ1) is 15.3. The zero-order valence-corrected chi connectivity index (χ0v) is 12.6. The van der Waals surface area contributed by atoms with Gasteiger partial charge in [0, 0.05) is 12.1 Å². The molecular formula is C17H26FNO. The van der Waals surface area contributed by atoms with Crippen LogP contribution < -0.4 is 10.5 Å². The lowest BCUT2D eigenvalue weighted by Crippen LogP contribution is -2.24. The van der Waals surface area contributed by atoms with E-state index >= 15 is 0 Å². The van der Waals surface area contributed by atoms with Crippen LogP contribution in [-0.4, -0.2) is 12.1 Å². The van der Waals surface area contributed by atoms with E-state index in [2.05, 4.69) is 6.92 Å². The van der Waals surface area contributed by atoms with E-state index in [-0.39, 0.29) is 18.0 Å². The van der Waals surface area contributed by atoms with E-state index in [1.165, 1.54) is 25.3 Å². The summed E-state index contributed by atoms with van der Waals surface area (Å²) in [6.45, 7) is 4.18. The van der Waals surface area contributed by atoms with Gasteiger partial charge in [-0.3, -0.25) is 0 Å². The Labute approximate surface area is 121 Å². The lowest BCUT2D eigenvalue weighted by molar-refractivity contribution is 0.129. The van der Waals surface area contributed by atoms with Crippen molar-refractivity contribution >= 4 is 0 Å². The van der Waals surface area contributed by atoms with Gasteiger partial charge in [-0.25, -0.2) is 4.39 Å². The summed E-state index contributed by atoms with van der Waals surface area (Å²) in [5.74, 6) is 1.26. The van der Waals surface area contributed by atoms with Crippen molar-refractivity contribution in [1.29, 1.82) is 0 Å². The molecule has 1 saturated carbocycles. The molecule has 0 amide bonds. The van der Waals surface area contributed by atoms with Gasteiger partial charge in [-0.2, -0.15) is 0 Å². The summed E-state index contributed by atoms with van der Waals surface area (Å²) >= 11 is 0. The molecule has 2 rings (SSSR count). The maximum Gasteiger partial charge on any atom is 0.127 e. The van der Waals surface area contributed by atoms with E-state index in [1.54, 1.807) is 6.07 Å². The summed E-state index contributed by atoms with van der Waals surface area (Å²) < 4.78 is 19.6. The third-order valence-electron chi connectivity index (χ3n) is 4.16. The predicted octanol–water partition coefficient (Wildman–Crippen LogP) is 4.06. The van der Waals surface area contributed by atoms with E-state index in [4.69, 9.17) is 10.5 Å². The van der Waals surface area contributed by atoms with Crippen molar-refractivity contribution < 1.29 is 9.13 Å². The van der Waals surface area contributed by atoms with Gasteiger partial charge in [-0.15, -0.1) is 0 Å². The van der Waals surface area contributed by atoms with Crippen LogP contribution in [-0.2, 0) is 6.42 Å². The average Bonchev–Trinajstić information content (AvgIpc) is 2.38. The SMILES string of the molecule is CCC1CCC(Oc2cc(F)cc(CC(C)N)c2)CC1. The highest BCUT2D eigenvalue weighted by Crippen LogP contribution is 2.30. The van der Waals surface area contributed by atoms with E-state index in [0.29, 0.717) is 12.2 Å². The van der Waals surface area contributed by atoms with Crippen LogP contribution in [0.4, 0.5) is 4.39 Å². The molecule has 1 aromatic carbocycles. The maximum atomic E-state index is 13.6. The summed E-state index contributed by atoms with van der Waals surface area (Å²) in [5, 5.41) is 0. The van der Waals surface area contributed by atoms with Crippen LogP contribution in [0.1, 0.15) is 51.5 Å². The Morgan fingerprint density at radius 2 is 1.95 bits per heavy atom. The highest BCUT2D eigenvalue weighted by Gasteiger charge is 2.21. The van der Waals surface area contributed by atoms with Crippen molar-refractivity contribution in [3.63, 3.8) is 0 Å². The predicted molar refractivity (Wildman–Crippen MR) is 80.4 cm³/mol. The van der Waals surface area contributed by atoms with Gasteiger partial charge >= 0.3 is 0 Å². The molecule has 1 aromatic rings. The molecule has 20 heavy (non-hydrogen) atoms. The summed E-state index contributed by atoms with van der Waals surface area (Å²) in [4.78, 5) is 0. The molecule has 0 saturated heterocycles. The fraction of sp³-hybridized carbons (Fsp3) is 0.647. The molecule has 0 aliphatic heterocycles. The fourth-order valence-electron chi connectivity index (χ4n) is 3.03. The first-order valence-electron chi connectivity index (χ1n) is 7.78. The third kappa shape index (κ3) is 4.48. The van der Waals surface area contributed by atoms with Crippen LogP contribution in [0.3, 0.4) is 0 Å². The average molecular weight is 279 g/mol. The Morgan fingerprint density at radius 1 is 1.25 bits per heavy atom. The van der Waals surface area contributed by atoms with Gasteiger partial charge in [-0.1, -0.05) is 13.3 Å². The van der Waals surface area contributed by atoms with Crippen LogP contribution in [0.15, 0.2) is 18.2 Å². The minimum atomic E-state index is -0.236. The molecule has 3 heteroatoms. The standard InChI is InChI=1S/C17H26FNO/c1-3-13-4-6-16(7-5-13)20-17-10-14(8-12(2)19)9-15(18)11-17/h9-13,16H,3-8,19H2,1-2H3. The van der Waals surface area contributed by atoms with Crippen LogP contribution >= 0.6 is 0 Å². The van der Waals surface area contributed by atoms with Gasteiger partial charge < -0.3 is 10.5 Å². The molecule has 0 heterocycles. The molecule has 1 unspecified atom stereocenters. The van der Waals surface area contributed by atoms with Gasteiger partial charge in [0.05, 0.1) is 6.10 Å². The second-order valence-corrected chi connectivity index (χ2v) is 6.15. The van der Waals surface area contributed by atoms with Gasteiger partial charge in [0.25, 0.3) is 0 Å². The van der Waals surface area contributed by atoms with Crippen LogP contribution in [0.5, 0.6) is 5.75 Å². The first-order valence-corrected chi connectivity index (χ1v) is 7.78. The normalized spacial score (nSPS) is 24.4. The van der Waals surface area contributed by atoms with Crippen molar-refractivity contribution in [3.8, 4) is 5.75 Å². The Bertz CT molecular complexity index is 425. The quantitative estimate of drug-likeness (QED) is 0.882. The zero-order valence-electron chi connectivity index (χ0n) is 12.6. The molecule has 2 nitrogen and oxygen atoms in total. The second-order valence-electron chi connectivity index (χ2n) is 6.15. The van der Waals surface area contributed by atoms with Crippen LogP contribution in [0.2, 0.25) is 0 Å². The minimum Gasteiger partial charge on any atom is -0.490 e. The number of hydrogen-bond donors (Lipinski definition) is 1. The molecule has 2 N–H and O–H groups in total. The topological polar surface area (TPSA) is 35.2 Å². The Kier molecular flexibility index (Phi) is 5.41. The Hall–Kier alpha value is -1.09. The third-order valence-corrected chi connectivity index (χ3v) is 4.16. The van der Waals surface area contributed by atoms with Crippen molar-refractivity contribution in [2.45, 2.75) is 64.5 Å². The van der Waals surface area contributed by atoms with Crippen molar-refractivity contribution in [3.05, 3.63) is 29.6 Å². The molecule has 1 aliphatic rings. The van der Waals surface area contributed by atoms with E-state index in [1.807, 2.05) is 13.0 Å². The lowest BCUT2D eigenvalue weighted by Gasteiger charge is -2.28. The highest BCUT2D eigenvalue weighted by molar-refractivity contribution is 5.30. The monoisotopic (exact) mass is 279 g/mol. The van der Waals surface area contributed by atoms with Gasteiger partial charge in [0.1, 0.15) is 11.6 Å². The van der Waals surface area contributed by atoms with Crippen LogP contribution in [0.25, 0.3) is 0 Å². The molecule has 1 fully saturated rings. The smallest absolute Gasteiger partial charge is 0.127 e. The summed E-state index contributed by atoms with van der Waals surface area (Å²) in [6.07, 6.45) is 6.78. The molecule has 1 atom stereocenters. The molecule has 1 aliphatic carbocycles. The highest BCUT2D eigenvalue weighted by atomic mass is 19.1. The van der Waals surface area contributed by atoms with Gasteiger partial charge in [0.2, 0.25) is 0 Å². The van der Waals surface area contributed by atoms with Gasteiger partial charge in [-0.05, 0) is 62.6 Å². The number of ether oxygens (including phenoxy) is 1. The van der Waals surface area contributed by atoms with E-state index < -0.39 is 0 Å². The van der Waals surface area contributed by atoms with Crippen molar-refractivity contribution in [2.75, 3.05) is 0 Å². The zero-order chi connectivity index (χ0) is 14.5. The van der Waals surface area contributed by atoms with E-state index in [9.17, 15) is 4.39 Å². The van der Waals surface area contributed by atoms with E-state index in [0.717, 1.165) is 24.3 Å². The van der Waals surface area contributed by atoms with Crippen molar-refractivity contribution in [1.82, 2.24) is 0 Å². The number of nitrogens with two attached hydrogens (primary N) is 1. The summed E-state index contributed by atoms with van der Waals surface area (Å²) in [5.41, 5.74) is 6.69. The Balaban J connectivity index is 1.97. The number of halogens is 1. The first-order chi connectivity index (χ1) is 9.56. The Morgan fingerprint density at radius 3 is 2.55 bits per heavy atom. The largest absolute Gasteiger partial charge is 0.490 e. The fourth-order valence-corrected chi connectivity index (χ4v) is 3.03. The maximum absolute atomic E-state index is 13.6. The second kappa shape index (κ2) is 7.07. The summed E-state index contributed by atoms with van der Waals surface area (Å²) in [7, 11) is 0. The summed E-state index contributed by atoms with van der Waals surface area (Å²) in [6, 6.07) is 4.99. The molecule has 0 spiro atoms. The molecule has 112 valence electrons.